The van der Waals surface area contributed by atoms with Gasteiger partial charge < -0.3 is 4.90 Å². The molecule has 82 valence electrons. The van der Waals surface area contributed by atoms with Crippen molar-refractivity contribution >= 4 is 5.69 Å². The van der Waals surface area contributed by atoms with Gasteiger partial charge in [-0.25, -0.2) is 4.39 Å². The minimum absolute atomic E-state index is 0.121. The third-order valence-corrected chi connectivity index (χ3v) is 3.54. The second kappa shape index (κ2) is 3.84. The van der Waals surface area contributed by atoms with Crippen LogP contribution < -0.4 is 4.90 Å². The Labute approximate surface area is 90.9 Å². The number of hydrogen-bond donors (Lipinski definition) is 0. The molecule has 0 amide bonds. The zero-order valence-electron chi connectivity index (χ0n) is 9.63. The fourth-order valence-electron chi connectivity index (χ4n) is 2.78. The van der Waals surface area contributed by atoms with E-state index in [0.717, 1.165) is 18.4 Å². The highest BCUT2D eigenvalue weighted by Crippen LogP contribution is 2.34. The maximum absolute atomic E-state index is 13.1. The van der Waals surface area contributed by atoms with Crippen LogP contribution >= 0.6 is 0 Å². The fourth-order valence-corrected chi connectivity index (χ4v) is 2.78. The summed E-state index contributed by atoms with van der Waals surface area (Å²) in [5.41, 5.74) is 2.34. The molecule has 0 spiro atoms. The van der Waals surface area contributed by atoms with Crippen LogP contribution in [0.1, 0.15) is 25.8 Å². The molecular formula is C13H18FN. The molecule has 2 heteroatoms. The van der Waals surface area contributed by atoms with Crippen molar-refractivity contribution < 1.29 is 4.39 Å². The summed E-state index contributed by atoms with van der Waals surface area (Å²) in [5, 5.41) is 0. The molecule has 1 aromatic rings. The molecule has 1 aliphatic heterocycles. The Morgan fingerprint density at radius 3 is 2.87 bits per heavy atom. The van der Waals surface area contributed by atoms with Crippen LogP contribution in [0.4, 0.5) is 10.1 Å². The summed E-state index contributed by atoms with van der Waals surface area (Å²) >= 11 is 0. The van der Waals surface area contributed by atoms with Crippen LogP contribution in [0.2, 0.25) is 0 Å². The first-order valence-corrected chi connectivity index (χ1v) is 5.64. The third-order valence-electron chi connectivity index (χ3n) is 3.54. The van der Waals surface area contributed by atoms with E-state index < -0.39 is 0 Å². The van der Waals surface area contributed by atoms with Crippen molar-refractivity contribution in [1.29, 1.82) is 0 Å². The number of hydrogen-bond acceptors (Lipinski definition) is 1. The van der Waals surface area contributed by atoms with Crippen LogP contribution in [-0.4, -0.2) is 13.1 Å². The predicted molar refractivity (Wildman–Crippen MR) is 61.8 cm³/mol. The Balaban J connectivity index is 2.41. The van der Waals surface area contributed by atoms with Crippen LogP contribution in [0.5, 0.6) is 0 Å². The van der Waals surface area contributed by atoms with Crippen molar-refractivity contribution in [2.75, 3.05) is 11.9 Å². The van der Waals surface area contributed by atoms with Gasteiger partial charge in [0.25, 0.3) is 0 Å². The van der Waals surface area contributed by atoms with E-state index in [9.17, 15) is 4.39 Å². The van der Waals surface area contributed by atoms with Gasteiger partial charge in [0.2, 0.25) is 0 Å². The van der Waals surface area contributed by atoms with Gasteiger partial charge in [0, 0.05) is 18.8 Å². The highest BCUT2D eigenvalue weighted by molar-refractivity contribution is 5.56. The van der Waals surface area contributed by atoms with Crippen molar-refractivity contribution in [3.05, 3.63) is 29.6 Å². The molecule has 15 heavy (non-hydrogen) atoms. The number of anilines is 1. The average molecular weight is 207 g/mol. The van der Waals surface area contributed by atoms with E-state index in [1.165, 1.54) is 5.69 Å². The molecule has 0 aliphatic carbocycles. The summed E-state index contributed by atoms with van der Waals surface area (Å²) in [5.74, 6) is 0.485. The second-order valence-electron chi connectivity index (χ2n) is 4.54. The number of halogens is 1. The van der Waals surface area contributed by atoms with E-state index >= 15 is 0 Å². The summed E-state index contributed by atoms with van der Waals surface area (Å²) in [6.45, 7) is 4.46. The van der Waals surface area contributed by atoms with Gasteiger partial charge in [-0.15, -0.1) is 0 Å². The van der Waals surface area contributed by atoms with Crippen LogP contribution in [0.3, 0.4) is 0 Å². The van der Waals surface area contributed by atoms with Gasteiger partial charge in [-0.1, -0.05) is 13.8 Å². The summed E-state index contributed by atoms with van der Waals surface area (Å²) in [6, 6.07) is 5.72. The van der Waals surface area contributed by atoms with Gasteiger partial charge in [-0.3, -0.25) is 0 Å². The molecule has 0 N–H and O–H groups in total. The number of benzene rings is 1. The first kappa shape index (κ1) is 10.5. The first-order chi connectivity index (χ1) is 7.13. The quantitative estimate of drug-likeness (QED) is 0.683. The van der Waals surface area contributed by atoms with Gasteiger partial charge in [-0.2, -0.15) is 0 Å². The van der Waals surface area contributed by atoms with Gasteiger partial charge >= 0.3 is 0 Å². The molecule has 0 aromatic heterocycles. The SMILES string of the molecule is CC[C@H]1[C@H](C)Cc2cc(F)ccc2N1C. The molecule has 1 aliphatic rings. The molecule has 1 heterocycles. The minimum atomic E-state index is -0.121. The van der Waals surface area contributed by atoms with Gasteiger partial charge in [0.05, 0.1) is 0 Å². The fraction of sp³-hybridized carbons (Fsp3) is 0.538. The second-order valence-corrected chi connectivity index (χ2v) is 4.54. The van der Waals surface area contributed by atoms with Crippen molar-refractivity contribution in [3.63, 3.8) is 0 Å². The predicted octanol–water partition coefficient (Wildman–Crippen LogP) is 3.23. The lowest BCUT2D eigenvalue weighted by molar-refractivity contribution is 0.406. The Morgan fingerprint density at radius 1 is 1.47 bits per heavy atom. The van der Waals surface area contributed by atoms with Crippen LogP contribution in [0.25, 0.3) is 0 Å². The zero-order chi connectivity index (χ0) is 11.0. The Bertz CT molecular complexity index is 362. The van der Waals surface area contributed by atoms with E-state index in [-0.39, 0.29) is 5.82 Å². The molecule has 0 bridgehead atoms. The first-order valence-electron chi connectivity index (χ1n) is 5.64. The van der Waals surface area contributed by atoms with E-state index in [2.05, 4.69) is 25.8 Å². The maximum atomic E-state index is 13.1. The zero-order valence-corrected chi connectivity index (χ0v) is 9.63. The molecule has 2 rings (SSSR count). The molecule has 0 unspecified atom stereocenters. The van der Waals surface area contributed by atoms with Crippen molar-refractivity contribution in [2.24, 2.45) is 5.92 Å². The van der Waals surface area contributed by atoms with Crippen molar-refractivity contribution in [1.82, 2.24) is 0 Å². The van der Waals surface area contributed by atoms with Crippen molar-refractivity contribution in [3.8, 4) is 0 Å². The Kier molecular flexibility index (Phi) is 2.68. The lowest BCUT2D eigenvalue weighted by atomic mass is 9.86. The molecule has 0 saturated carbocycles. The van der Waals surface area contributed by atoms with Crippen LogP contribution in [-0.2, 0) is 6.42 Å². The van der Waals surface area contributed by atoms with Gasteiger partial charge in [0.15, 0.2) is 0 Å². The Morgan fingerprint density at radius 2 is 2.20 bits per heavy atom. The lowest BCUT2D eigenvalue weighted by Gasteiger charge is -2.40. The standard InChI is InChI=1S/C13H18FN/c1-4-12-9(2)7-10-8-11(14)5-6-13(10)15(12)3/h5-6,8-9,12H,4,7H2,1-3H3/t9-,12+/m1/s1. The topological polar surface area (TPSA) is 3.24 Å². The molecule has 1 nitrogen and oxygen atoms in total. The minimum Gasteiger partial charge on any atom is -0.371 e. The number of fused-ring (bicyclic) bond motifs is 1. The average Bonchev–Trinajstić information content (AvgIpc) is 2.17. The summed E-state index contributed by atoms with van der Waals surface area (Å²) in [4.78, 5) is 2.29. The molecule has 1 aromatic carbocycles. The van der Waals surface area contributed by atoms with Crippen molar-refractivity contribution in [2.45, 2.75) is 32.7 Å². The molecule has 0 fully saturated rings. The van der Waals surface area contributed by atoms with Gasteiger partial charge in [-0.05, 0) is 42.5 Å². The highest BCUT2D eigenvalue weighted by Gasteiger charge is 2.27. The summed E-state index contributed by atoms with van der Waals surface area (Å²) in [6.07, 6.45) is 2.14. The smallest absolute Gasteiger partial charge is 0.123 e. The van der Waals surface area contributed by atoms with E-state index in [1.54, 1.807) is 12.1 Å². The number of nitrogens with zero attached hydrogens (tertiary/aromatic N) is 1. The normalized spacial score (nSPS) is 25.2. The summed E-state index contributed by atoms with van der Waals surface area (Å²) < 4.78 is 13.1. The molecule has 0 saturated heterocycles. The van der Waals surface area contributed by atoms with E-state index in [4.69, 9.17) is 0 Å². The number of rotatable bonds is 1. The van der Waals surface area contributed by atoms with E-state index in [0.29, 0.717) is 12.0 Å². The maximum Gasteiger partial charge on any atom is 0.123 e. The molecule has 2 atom stereocenters. The van der Waals surface area contributed by atoms with Crippen LogP contribution in [0.15, 0.2) is 18.2 Å². The van der Waals surface area contributed by atoms with E-state index in [1.807, 2.05) is 6.07 Å². The van der Waals surface area contributed by atoms with Gasteiger partial charge in [0.1, 0.15) is 5.82 Å². The van der Waals surface area contributed by atoms with Crippen LogP contribution in [0, 0.1) is 11.7 Å². The largest absolute Gasteiger partial charge is 0.371 e. The third kappa shape index (κ3) is 1.73. The summed E-state index contributed by atoms with van der Waals surface area (Å²) in [7, 11) is 2.11. The Hall–Kier alpha value is -1.05. The lowest BCUT2D eigenvalue weighted by Crippen LogP contribution is -2.41. The highest BCUT2D eigenvalue weighted by atomic mass is 19.1. The molecular weight excluding hydrogens is 189 g/mol. The monoisotopic (exact) mass is 207 g/mol. The molecule has 0 radical (unpaired) electrons.